The van der Waals surface area contributed by atoms with E-state index in [0.717, 1.165) is 29.6 Å². The first-order valence-electron chi connectivity index (χ1n) is 11.2. The van der Waals surface area contributed by atoms with E-state index in [1.165, 1.54) is 26.2 Å². The third kappa shape index (κ3) is 7.11. The number of nitrogens with one attached hydrogen (secondary N) is 1. The number of anilines is 2. The van der Waals surface area contributed by atoms with E-state index in [2.05, 4.69) is 15.0 Å². The molecule has 9 heteroatoms. The minimum Gasteiger partial charge on any atom is -0.490 e. The van der Waals surface area contributed by atoms with E-state index in [-0.39, 0.29) is 23.0 Å². The van der Waals surface area contributed by atoms with Crippen molar-refractivity contribution in [2.75, 3.05) is 37.5 Å². The Labute approximate surface area is 214 Å². The van der Waals surface area contributed by atoms with Crippen LogP contribution in [0.3, 0.4) is 0 Å². The van der Waals surface area contributed by atoms with Crippen LogP contribution in [0.4, 0.5) is 15.8 Å². The van der Waals surface area contributed by atoms with Gasteiger partial charge in [0.1, 0.15) is 30.0 Å². The fourth-order valence-electron chi connectivity index (χ4n) is 3.53. The summed E-state index contributed by atoms with van der Waals surface area (Å²) in [4.78, 5) is 24.3. The molecule has 0 aliphatic carbocycles. The first-order valence-corrected chi connectivity index (χ1v) is 11.6. The van der Waals surface area contributed by atoms with E-state index < -0.39 is 5.82 Å². The SMILES string of the molecule is COC(C)=O.Cc1cc(OC[C@@H]2CN(C)c3ccccc3O2)ccc1C(=O)Nc1ccc(F)cc1Cl. The molecule has 36 heavy (non-hydrogen) atoms. The van der Waals surface area contributed by atoms with Crippen molar-refractivity contribution < 1.29 is 28.2 Å². The predicted molar refractivity (Wildman–Crippen MR) is 138 cm³/mol. The molecule has 4 rings (SSSR count). The highest BCUT2D eigenvalue weighted by Crippen LogP contribution is 2.32. The number of hydrogen-bond acceptors (Lipinski definition) is 6. The van der Waals surface area contributed by atoms with Crippen molar-refractivity contribution in [2.24, 2.45) is 0 Å². The molecule has 1 aliphatic heterocycles. The van der Waals surface area contributed by atoms with Crippen molar-refractivity contribution in [3.05, 3.63) is 82.6 Å². The minimum absolute atomic E-state index is 0.108. The van der Waals surface area contributed by atoms with Crippen molar-refractivity contribution >= 4 is 34.9 Å². The van der Waals surface area contributed by atoms with Gasteiger partial charge in [0.15, 0.2) is 0 Å². The number of ether oxygens (including phenoxy) is 3. The molecule has 7 nitrogen and oxygen atoms in total. The highest BCUT2D eigenvalue weighted by atomic mass is 35.5. The van der Waals surface area contributed by atoms with Crippen LogP contribution in [0, 0.1) is 12.7 Å². The predicted octanol–water partition coefficient (Wildman–Crippen LogP) is 5.50. The quantitative estimate of drug-likeness (QED) is 0.453. The molecule has 1 atom stereocenters. The lowest BCUT2D eigenvalue weighted by atomic mass is 10.1. The van der Waals surface area contributed by atoms with Crippen LogP contribution < -0.4 is 19.7 Å². The average Bonchev–Trinajstić information content (AvgIpc) is 2.85. The van der Waals surface area contributed by atoms with Gasteiger partial charge in [0.05, 0.1) is 30.1 Å². The van der Waals surface area contributed by atoms with Gasteiger partial charge in [0.2, 0.25) is 0 Å². The summed E-state index contributed by atoms with van der Waals surface area (Å²) < 4.78 is 29.3. The van der Waals surface area contributed by atoms with Crippen molar-refractivity contribution in [2.45, 2.75) is 20.0 Å². The molecule has 0 saturated heterocycles. The first kappa shape index (κ1) is 26.8. The summed E-state index contributed by atoms with van der Waals surface area (Å²) in [5, 5.41) is 2.85. The number of esters is 1. The molecular weight excluding hydrogens is 487 g/mol. The van der Waals surface area contributed by atoms with Gasteiger partial charge in [0, 0.05) is 19.5 Å². The van der Waals surface area contributed by atoms with Crippen LogP contribution in [-0.2, 0) is 9.53 Å². The largest absolute Gasteiger partial charge is 0.490 e. The second-order valence-electron chi connectivity index (χ2n) is 8.15. The van der Waals surface area contributed by atoms with Gasteiger partial charge >= 0.3 is 5.97 Å². The summed E-state index contributed by atoms with van der Waals surface area (Å²) in [5.74, 6) is 0.459. The maximum atomic E-state index is 13.2. The topological polar surface area (TPSA) is 77.1 Å². The number of carbonyl (C=O) groups excluding carboxylic acids is 2. The average molecular weight is 515 g/mol. The molecule has 1 N–H and O–H groups in total. The van der Waals surface area contributed by atoms with Crippen molar-refractivity contribution in [1.29, 1.82) is 0 Å². The van der Waals surface area contributed by atoms with E-state index in [4.69, 9.17) is 21.1 Å². The molecule has 0 spiro atoms. The van der Waals surface area contributed by atoms with Crippen LogP contribution in [0.15, 0.2) is 60.7 Å². The van der Waals surface area contributed by atoms with Gasteiger partial charge in [-0.25, -0.2) is 4.39 Å². The number of halogens is 2. The minimum atomic E-state index is -0.461. The summed E-state index contributed by atoms with van der Waals surface area (Å²) in [6, 6.07) is 17.0. The maximum Gasteiger partial charge on any atom is 0.302 e. The van der Waals surface area contributed by atoms with E-state index in [1.807, 2.05) is 44.3 Å². The first-order chi connectivity index (χ1) is 17.2. The van der Waals surface area contributed by atoms with Crippen LogP contribution in [0.1, 0.15) is 22.8 Å². The summed E-state index contributed by atoms with van der Waals surface area (Å²) >= 11 is 5.99. The number of benzene rings is 3. The lowest BCUT2D eigenvalue weighted by molar-refractivity contribution is -0.137. The monoisotopic (exact) mass is 514 g/mol. The van der Waals surface area contributed by atoms with E-state index >= 15 is 0 Å². The zero-order valence-corrected chi connectivity index (χ0v) is 21.3. The second kappa shape index (κ2) is 12.3. The Morgan fingerprint density at radius 3 is 2.56 bits per heavy atom. The highest BCUT2D eigenvalue weighted by Gasteiger charge is 2.23. The molecule has 1 heterocycles. The molecule has 3 aromatic rings. The van der Waals surface area contributed by atoms with Crippen molar-refractivity contribution in [3.63, 3.8) is 0 Å². The molecule has 0 aromatic heterocycles. The number of para-hydroxylation sites is 2. The lowest BCUT2D eigenvalue weighted by Crippen LogP contribution is -2.41. The number of rotatable bonds is 5. The van der Waals surface area contributed by atoms with Gasteiger partial charge in [-0.15, -0.1) is 0 Å². The Bertz CT molecular complexity index is 1240. The zero-order valence-electron chi connectivity index (χ0n) is 20.5. The molecule has 0 saturated carbocycles. The molecule has 3 aromatic carbocycles. The number of hydrogen-bond donors (Lipinski definition) is 1. The highest BCUT2D eigenvalue weighted by molar-refractivity contribution is 6.33. The van der Waals surface area contributed by atoms with Crippen LogP contribution in [-0.4, -0.2) is 45.3 Å². The fourth-order valence-corrected chi connectivity index (χ4v) is 3.74. The standard InChI is InChI=1S/C24H22ClFN2O3.C3H6O2/c1-15-11-17(30-14-18-13-28(2)22-5-3-4-6-23(22)31-18)8-9-19(15)24(29)27-21-10-7-16(26)12-20(21)25;1-3(4)5-2/h3-12,18H,13-14H2,1-2H3,(H,27,29);1-2H3/t18-;/m0./s1. The van der Waals surface area contributed by atoms with Gasteiger partial charge in [-0.05, 0) is 61.0 Å². The molecule has 190 valence electrons. The third-order valence-electron chi connectivity index (χ3n) is 5.39. The normalized spacial score (nSPS) is 13.9. The molecule has 0 fully saturated rings. The lowest BCUT2D eigenvalue weighted by Gasteiger charge is -2.33. The van der Waals surface area contributed by atoms with Crippen LogP contribution in [0.2, 0.25) is 5.02 Å². The Balaban J connectivity index is 0.000000658. The second-order valence-corrected chi connectivity index (χ2v) is 8.56. The van der Waals surface area contributed by atoms with Gasteiger partial charge in [-0.3, -0.25) is 9.59 Å². The number of methoxy groups -OCH3 is 1. The third-order valence-corrected chi connectivity index (χ3v) is 5.71. The van der Waals surface area contributed by atoms with Gasteiger partial charge in [-0.2, -0.15) is 0 Å². The number of fused-ring (bicyclic) bond motifs is 1. The number of nitrogens with zero attached hydrogens (tertiary/aromatic N) is 1. The summed E-state index contributed by atoms with van der Waals surface area (Å²) in [6.07, 6.45) is -0.108. The molecular formula is C27H28ClFN2O5. The summed E-state index contributed by atoms with van der Waals surface area (Å²) in [7, 11) is 3.38. The van der Waals surface area contributed by atoms with Crippen molar-refractivity contribution in [1.82, 2.24) is 0 Å². The number of carbonyl (C=O) groups is 2. The van der Waals surface area contributed by atoms with Gasteiger partial charge < -0.3 is 24.4 Å². The molecule has 0 radical (unpaired) electrons. The fraction of sp³-hybridized carbons (Fsp3) is 0.259. The Morgan fingerprint density at radius 1 is 1.17 bits per heavy atom. The number of amides is 1. The van der Waals surface area contributed by atoms with Gasteiger partial charge in [-0.1, -0.05) is 23.7 Å². The van der Waals surface area contributed by atoms with Crippen LogP contribution in [0.25, 0.3) is 0 Å². The molecule has 1 aliphatic rings. The van der Waals surface area contributed by atoms with Gasteiger partial charge in [0.25, 0.3) is 5.91 Å². The Kier molecular flexibility index (Phi) is 9.13. The molecule has 0 bridgehead atoms. The number of likely N-dealkylation sites (N-methyl/N-ethyl adjacent to an activating group) is 1. The van der Waals surface area contributed by atoms with Crippen LogP contribution in [0.5, 0.6) is 11.5 Å². The molecule has 0 unspecified atom stereocenters. The van der Waals surface area contributed by atoms with E-state index in [9.17, 15) is 14.0 Å². The molecule has 1 amide bonds. The summed E-state index contributed by atoms with van der Waals surface area (Å²) in [6.45, 7) is 4.29. The van der Waals surface area contributed by atoms with E-state index in [0.29, 0.717) is 23.6 Å². The Morgan fingerprint density at radius 2 is 1.89 bits per heavy atom. The number of aryl methyl sites for hydroxylation is 1. The van der Waals surface area contributed by atoms with Crippen molar-refractivity contribution in [3.8, 4) is 11.5 Å². The van der Waals surface area contributed by atoms with E-state index in [1.54, 1.807) is 12.1 Å². The summed E-state index contributed by atoms with van der Waals surface area (Å²) in [5.41, 5.74) is 2.65. The Hall–Kier alpha value is -3.78. The van der Waals surface area contributed by atoms with Crippen LogP contribution >= 0.6 is 11.6 Å². The smallest absolute Gasteiger partial charge is 0.302 e. The zero-order chi connectivity index (χ0) is 26.2. The maximum absolute atomic E-state index is 13.2.